The van der Waals surface area contributed by atoms with Crippen molar-refractivity contribution in [2.24, 2.45) is 15.8 Å². The van der Waals surface area contributed by atoms with Gasteiger partial charge in [-0.05, 0) is 42.2 Å². The highest BCUT2D eigenvalue weighted by molar-refractivity contribution is 5.78. The summed E-state index contributed by atoms with van der Waals surface area (Å²) in [5.41, 5.74) is 0.771. The van der Waals surface area contributed by atoms with E-state index in [-0.39, 0.29) is 22.9 Å². The van der Waals surface area contributed by atoms with Crippen molar-refractivity contribution in [2.75, 3.05) is 6.54 Å². The second kappa shape index (κ2) is 7.57. The Morgan fingerprint density at radius 3 is 2.81 bits per heavy atom. The van der Waals surface area contributed by atoms with Gasteiger partial charge in [0.1, 0.15) is 11.3 Å². The van der Waals surface area contributed by atoms with Gasteiger partial charge in [-0.15, -0.1) is 0 Å². The van der Waals surface area contributed by atoms with Crippen molar-refractivity contribution in [1.29, 1.82) is 0 Å². The van der Waals surface area contributed by atoms with E-state index in [1.165, 1.54) is 0 Å². The van der Waals surface area contributed by atoms with Crippen molar-refractivity contribution < 1.29 is 14.0 Å². The molecule has 0 bridgehead atoms. The number of furan rings is 1. The molecule has 1 saturated carbocycles. The zero-order valence-electron chi connectivity index (χ0n) is 16.2. The number of isocyanates is 1. The molecule has 0 radical (unpaired) electrons. The zero-order chi connectivity index (χ0) is 19.5. The van der Waals surface area contributed by atoms with E-state index >= 15 is 0 Å². The van der Waals surface area contributed by atoms with Crippen LogP contribution in [0.15, 0.2) is 39.7 Å². The number of nitrogens with zero attached hydrogens (tertiary/aromatic N) is 1. The zero-order valence-corrected chi connectivity index (χ0v) is 16.2. The first-order valence-corrected chi connectivity index (χ1v) is 9.34. The van der Waals surface area contributed by atoms with Gasteiger partial charge >= 0.3 is 6.03 Å². The first-order valence-electron chi connectivity index (χ1n) is 9.34. The van der Waals surface area contributed by atoms with E-state index in [2.05, 4.69) is 36.4 Å². The molecule has 6 nitrogen and oxygen atoms in total. The van der Waals surface area contributed by atoms with Crippen LogP contribution in [-0.2, 0) is 11.3 Å². The van der Waals surface area contributed by atoms with Gasteiger partial charge in [0.25, 0.3) is 0 Å². The summed E-state index contributed by atoms with van der Waals surface area (Å²) in [6.07, 6.45) is 4.29. The Bertz CT molecular complexity index is 833. The maximum atomic E-state index is 12.4. The number of amides is 2. The molecule has 6 heteroatoms. The molecule has 1 aliphatic carbocycles. The second-order valence-corrected chi connectivity index (χ2v) is 8.74. The van der Waals surface area contributed by atoms with Crippen molar-refractivity contribution in [2.45, 2.75) is 52.6 Å². The fourth-order valence-electron chi connectivity index (χ4n) is 4.61. The number of hydrogen-bond donors (Lipinski definition) is 2. The van der Waals surface area contributed by atoms with E-state index in [0.29, 0.717) is 13.1 Å². The number of nitrogens with one attached hydrogen (secondary N) is 2. The van der Waals surface area contributed by atoms with Crippen molar-refractivity contribution >= 4 is 23.1 Å². The van der Waals surface area contributed by atoms with Crippen molar-refractivity contribution in [1.82, 2.24) is 10.6 Å². The number of rotatable bonds is 5. The van der Waals surface area contributed by atoms with Gasteiger partial charge in [0.15, 0.2) is 0 Å². The normalized spacial score (nSPS) is 24.2. The lowest BCUT2D eigenvalue weighted by molar-refractivity contribution is 0.0807. The molecule has 2 unspecified atom stereocenters. The third-order valence-corrected chi connectivity index (χ3v) is 5.20. The lowest BCUT2D eigenvalue weighted by Gasteiger charge is -2.46. The molecule has 27 heavy (non-hydrogen) atoms. The number of carbonyl (C=O) groups is 1. The highest BCUT2D eigenvalue weighted by atomic mass is 16.3. The maximum Gasteiger partial charge on any atom is 0.315 e. The molecule has 1 aromatic carbocycles. The third-order valence-electron chi connectivity index (χ3n) is 5.20. The van der Waals surface area contributed by atoms with Gasteiger partial charge in [-0.2, -0.15) is 0 Å². The molecule has 0 aliphatic heterocycles. The summed E-state index contributed by atoms with van der Waals surface area (Å²) in [7, 11) is 0. The van der Waals surface area contributed by atoms with E-state index in [9.17, 15) is 9.59 Å². The topological polar surface area (TPSA) is 83.7 Å². The molecule has 1 fully saturated rings. The lowest BCUT2D eigenvalue weighted by Crippen LogP contribution is -2.50. The molecule has 0 spiro atoms. The predicted molar refractivity (Wildman–Crippen MR) is 104 cm³/mol. The first-order chi connectivity index (χ1) is 12.8. The van der Waals surface area contributed by atoms with E-state index in [4.69, 9.17) is 4.42 Å². The highest BCUT2D eigenvalue weighted by Crippen LogP contribution is 2.46. The molecular formula is C21H27N3O3. The van der Waals surface area contributed by atoms with Gasteiger partial charge in [-0.3, -0.25) is 0 Å². The van der Waals surface area contributed by atoms with Crippen molar-refractivity contribution in [3.63, 3.8) is 0 Å². The summed E-state index contributed by atoms with van der Waals surface area (Å²) in [6, 6.07) is 9.54. The molecule has 144 valence electrons. The quantitative estimate of drug-likeness (QED) is 0.613. The predicted octanol–water partition coefficient (Wildman–Crippen LogP) is 4.15. The minimum absolute atomic E-state index is 0.0382. The second-order valence-electron chi connectivity index (χ2n) is 8.74. The molecular weight excluding hydrogens is 342 g/mol. The Kier molecular flexibility index (Phi) is 5.38. The van der Waals surface area contributed by atoms with Crippen LogP contribution in [0.2, 0.25) is 0 Å². The number of urea groups is 1. The van der Waals surface area contributed by atoms with Crippen molar-refractivity contribution in [3.8, 4) is 0 Å². The Morgan fingerprint density at radius 2 is 2.07 bits per heavy atom. The number of fused-ring (bicyclic) bond motifs is 1. The molecule has 2 N–H and O–H groups in total. The number of para-hydroxylation sites is 1. The fourth-order valence-corrected chi connectivity index (χ4v) is 4.61. The number of carbonyl (C=O) groups excluding carboxylic acids is 2. The van der Waals surface area contributed by atoms with Crippen LogP contribution in [0.5, 0.6) is 0 Å². The highest BCUT2D eigenvalue weighted by Gasteiger charge is 2.41. The van der Waals surface area contributed by atoms with Gasteiger partial charge < -0.3 is 15.1 Å². The Labute approximate surface area is 159 Å². The van der Waals surface area contributed by atoms with Crippen LogP contribution in [0.25, 0.3) is 11.0 Å². The lowest BCUT2D eigenvalue weighted by atomic mass is 9.62. The monoisotopic (exact) mass is 369 g/mol. The molecule has 1 heterocycles. The average molecular weight is 369 g/mol. The molecule has 2 atom stereocenters. The van der Waals surface area contributed by atoms with Crippen LogP contribution in [0.3, 0.4) is 0 Å². The first kappa shape index (κ1) is 19.2. The summed E-state index contributed by atoms with van der Waals surface area (Å²) in [5, 5.41) is 6.98. The number of aliphatic imine (C=N–C) groups is 1. The van der Waals surface area contributed by atoms with Crippen LogP contribution in [0, 0.1) is 10.8 Å². The molecule has 3 rings (SSSR count). The summed E-state index contributed by atoms with van der Waals surface area (Å²) in [5.74, 6) is 0.723. The maximum absolute atomic E-state index is 12.4. The average Bonchev–Trinajstić information content (AvgIpc) is 2.99. The summed E-state index contributed by atoms with van der Waals surface area (Å²) < 4.78 is 5.73. The number of benzene rings is 1. The van der Waals surface area contributed by atoms with Gasteiger partial charge in [0, 0.05) is 11.4 Å². The molecule has 2 amide bonds. The van der Waals surface area contributed by atoms with Gasteiger partial charge in [-0.25, -0.2) is 14.6 Å². The summed E-state index contributed by atoms with van der Waals surface area (Å²) in [6.45, 7) is 7.28. The third kappa shape index (κ3) is 4.98. The molecule has 1 aliphatic rings. The Balaban J connectivity index is 1.58. The smallest absolute Gasteiger partial charge is 0.315 e. The van der Waals surface area contributed by atoms with Crippen LogP contribution in [-0.4, -0.2) is 24.7 Å². The standard InChI is InChI=1S/C21H27N3O3/c1-20(2)9-16(10-21(3,12-20)13-22-14-25)24-19(26)23-11-17-8-15-6-4-5-7-18(15)27-17/h4-8,16H,9-13H2,1-3H3,(H2,23,24,26). The van der Waals surface area contributed by atoms with Gasteiger partial charge in [-0.1, -0.05) is 39.0 Å². The largest absolute Gasteiger partial charge is 0.459 e. The summed E-state index contributed by atoms with van der Waals surface area (Å²) in [4.78, 5) is 26.7. The van der Waals surface area contributed by atoms with Crippen LogP contribution < -0.4 is 10.6 Å². The number of hydrogen-bond acceptors (Lipinski definition) is 4. The van der Waals surface area contributed by atoms with E-state index in [1.807, 2.05) is 30.3 Å². The molecule has 0 saturated heterocycles. The van der Waals surface area contributed by atoms with E-state index in [0.717, 1.165) is 36.0 Å². The van der Waals surface area contributed by atoms with Crippen LogP contribution in [0.4, 0.5) is 4.79 Å². The SMILES string of the molecule is CC1(C)CC(NC(=O)NCc2cc3ccccc3o2)CC(C)(CN=C=O)C1. The van der Waals surface area contributed by atoms with Gasteiger partial charge in [0.05, 0.1) is 13.1 Å². The molecule has 1 aromatic heterocycles. The Morgan fingerprint density at radius 1 is 1.30 bits per heavy atom. The Hall–Kier alpha value is -2.59. The van der Waals surface area contributed by atoms with E-state index < -0.39 is 0 Å². The van der Waals surface area contributed by atoms with Crippen LogP contribution in [0.1, 0.15) is 45.8 Å². The fraction of sp³-hybridized carbons (Fsp3) is 0.524. The summed E-state index contributed by atoms with van der Waals surface area (Å²) >= 11 is 0. The minimum atomic E-state index is -0.209. The van der Waals surface area contributed by atoms with E-state index in [1.54, 1.807) is 6.08 Å². The molecule has 2 aromatic rings. The minimum Gasteiger partial charge on any atom is -0.459 e. The van der Waals surface area contributed by atoms with Crippen LogP contribution >= 0.6 is 0 Å². The van der Waals surface area contributed by atoms with Crippen molar-refractivity contribution in [3.05, 3.63) is 36.1 Å². The van der Waals surface area contributed by atoms with Gasteiger partial charge in [0.2, 0.25) is 6.08 Å².